The maximum absolute atomic E-state index is 11.7. The number of nitrogens with one attached hydrogen (secondary N) is 2. The molecule has 0 aliphatic heterocycles. The van der Waals surface area contributed by atoms with Gasteiger partial charge in [0, 0.05) is 6.54 Å². The topological polar surface area (TPSA) is 81.7 Å². The maximum Gasteiger partial charge on any atom is 0.326 e. The highest BCUT2D eigenvalue weighted by atomic mass is 16.4. The summed E-state index contributed by atoms with van der Waals surface area (Å²) in [6, 6.07) is -1.24. The highest BCUT2D eigenvalue weighted by Crippen LogP contribution is 2.07. The molecule has 0 radical (unpaired) electrons. The zero-order chi connectivity index (χ0) is 15.5. The summed E-state index contributed by atoms with van der Waals surface area (Å²) in [6.45, 7) is 11.4. The van der Waals surface area contributed by atoms with Crippen molar-refractivity contribution in [3.8, 4) is 0 Å². The minimum atomic E-state index is -0.988. The van der Waals surface area contributed by atoms with E-state index in [9.17, 15) is 9.59 Å². The van der Waals surface area contributed by atoms with E-state index >= 15 is 0 Å². The second kappa shape index (κ2) is 10.5. The molecule has 0 aromatic carbocycles. The summed E-state index contributed by atoms with van der Waals surface area (Å²) in [5.74, 6) is -1.08. The molecule has 0 aliphatic rings. The third-order valence-electron chi connectivity index (χ3n) is 3.60. The highest BCUT2D eigenvalue weighted by Gasteiger charge is 2.24. The van der Waals surface area contributed by atoms with Gasteiger partial charge in [-0.1, -0.05) is 34.1 Å². The average Bonchev–Trinajstić information content (AvgIpc) is 2.43. The van der Waals surface area contributed by atoms with E-state index in [4.69, 9.17) is 5.11 Å². The Morgan fingerprint density at radius 3 is 2.25 bits per heavy atom. The zero-order valence-corrected chi connectivity index (χ0v) is 13.1. The molecule has 0 fully saturated rings. The Hall–Kier alpha value is -1.30. The second-order valence-corrected chi connectivity index (χ2v) is 4.98. The number of amides is 2. The van der Waals surface area contributed by atoms with E-state index in [1.54, 1.807) is 0 Å². The molecule has 0 bridgehead atoms. The van der Waals surface area contributed by atoms with Crippen molar-refractivity contribution in [2.45, 2.75) is 46.6 Å². The van der Waals surface area contributed by atoms with Gasteiger partial charge in [0.25, 0.3) is 0 Å². The number of hydrogen-bond donors (Lipinski definition) is 3. The van der Waals surface area contributed by atoms with Crippen molar-refractivity contribution in [2.24, 2.45) is 5.92 Å². The third kappa shape index (κ3) is 7.33. The molecule has 2 atom stereocenters. The Kier molecular flexibility index (Phi) is 9.80. The monoisotopic (exact) mass is 287 g/mol. The van der Waals surface area contributed by atoms with Crippen molar-refractivity contribution < 1.29 is 14.7 Å². The number of nitrogens with zero attached hydrogens (tertiary/aromatic N) is 1. The van der Waals surface area contributed by atoms with E-state index in [2.05, 4.69) is 29.4 Å². The van der Waals surface area contributed by atoms with E-state index in [0.29, 0.717) is 13.0 Å². The van der Waals surface area contributed by atoms with Crippen LogP contribution < -0.4 is 10.6 Å². The normalized spacial score (nSPS) is 13.8. The van der Waals surface area contributed by atoms with Crippen molar-refractivity contribution in [1.82, 2.24) is 15.5 Å². The lowest BCUT2D eigenvalue weighted by atomic mass is 9.99. The molecular formula is C14H29N3O3. The third-order valence-corrected chi connectivity index (χ3v) is 3.60. The first-order valence-electron chi connectivity index (χ1n) is 7.45. The summed E-state index contributed by atoms with van der Waals surface area (Å²) in [5.41, 5.74) is 0. The number of carbonyl (C=O) groups excluding carboxylic acids is 1. The molecule has 0 heterocycles. The maximum atomic E-state index is 11.7. The van der Waals surface area contributed by atoms with E-state index in [0.717, 1.165) is 26.1 Å². The average molecular weight is 287 g/mol. The number of aliphatic carboxylic acids is 1. The van der Waals surface area contributed by atoms with Gasteiger partial charge in [-0.25, -0.2) is 9.59 Å². The van der Waals surface area contributed by atoms with Crippen molar-refractivity contribution in [3.05, 3.63) is 0 Å². The van der Waals surface area contributed by atoms with Crippen molar-refractivity contribution >= 4 is 12.0 Å². The lowest BCUT2D eigenvalue weighted by Crippen LogP contribution is -2.49. The van der Waals surface area contributed by atoms with E-state index in [1.807, 2.05) is 13.8 Å². The Bertz CT molecular complexity index is 293. The van der Waals surface area contributed by atoms with Crippen molar-refractivity contribution in [2.75, 3.05) is 26.2 Å². The standard InChI is InChI=1S/C14H29N3O3/c1-5-11(4)12(13(18)19)16-14(20)15-9-8-10-17(6-2)7-3/h11-12H,5-10H2,1-4H3,(H,18,19)(H2,15,16,20)/t11?,12-/m0/s1. The van der Waals surface area contributed by atoms with Crippen LogP contribution in [0.25, 0.3) is 0 Å². The zero-order valence-electron chi connectivity index (χ0n) is 13.1. The molecule has 1 unspecified atom stereocenters. The van der Waals surface area contributed by atoms with Gasteiger partial charge >= 0.3 is 12.0 Å². The molecule has 20 heavy (non-hydrogen) atoms. The van der Waals surface area contributed by atoms with Crippen LogP contribution in [0.3, 0.4) is 0 Å². The number of carboxylic acids is 1. The van der Waals surface area contributed by atoms with Crippen molar-refractivity contribution in [3.63, 3.8) is 0 Å². The summed E-state index contributed by atoms with van der Waals surface area (Å²) < 4.78 is 0. The van der Waals surface area contributed by atoms with Crippen LogP contribution >= 0.6 is 0 Å². The summed E-state index contributed by atoms with van der Waals surface area (Å²) in [7, 11) is 0. The van der Waals surface area contributed by atoms with Crippen LogP contribution in [0.4, 0.5) is 4.79 Å². The summed E-state index contributed by atoms with van der Waals surface area (Å²) in [6.07, 6.45) is 1.56. The molecule has 118 valence electrons. The number of urea groups is 1. The lowest BCUT2D eigenvalue weighted by Gasteiger charge is -2.21. The molecule has 0 spiro atoms. The summed E-state index contributed by atoms with van der Waals surface area (Å²) >= 11 is 0. The molecule has 0 aromatic heterocycles. The van der Waals surface area contributed by atoms with Crippen LogP contribution in [0.1, 0.15) is 40.5 Å². The Balaban J connectivity index is 4.00. The molecule has 6 heteroatoms. The van der Waals surface area contributed by atoms with Crippen LogP contribution in [0.5, 0.6) is 0 Å². The molecule has 3 N–H and O–H groups in total. The van der Waals surface area contributed by atoms with Crippen LogP contribution in [0, 0.1) is 5.92 Å². The molecule has 6 nitrogen and oxygen atoms in total. The first kappa shape index (κ1) is 18.7. The Labute approximate surface area is 121 Å². The molecule has 2 amide bonds. The van der Waals surface area contributed by atoms with Crippen LogP contribution in [-0.4, -0.2) is 54.2 Å². The van der Waals surface area contributed by atoms with Gasteiger partial charge < -0.3 is 20.6 Å². The molecule has 0 aliphatic carbocycles. The van der Waals surface area contributed by atoms with Gasteiger partial charge in [0.15, 0.2) is 0 Å². The minimum Gasteiger partial charge on any atom is -0.480 e. The fourth-order valence-electron chi connectivity index (χ4n) is 1.92. The number of rotatable bonds is 10. The fraction of sp³-hybridized carbons (Fsp3) is 0.857. The van der Waals surface area contributed by atoms with Gasteiger partial charge in [-0.3, -0.25) is 0 Å². The SMILES string of the molecule is CCC(C)[C@H](NC(=O)NCCCN(CC)CC)C(=O)O. The van der Waals surface area contributed by atoms with Gasteiger partial charge in [-0.15, -0.1) is 0 Å². The van der Waals surface area contributed by atoms with Crippen molar-refractivity contribution in [1.29, 1.82) is 0 Å². The Morgan fingerprint density at radius 1 is 1.20 bits per heavy atom. The molecule has 0 saturated carbocycles. The molecule has 0 rings (SSSR count). The predicted molar refractivity (Wildman–Crippen MR) is 79.8 cm³/mol. The van der Waals surface area contributed by atoms with Gasteiger partial charge in [0.2, 0.25) is 0 Å². The van der Waals surface area contributed by atoms with Gasteiger partial charge in [-0.2, -0.15) is 0 Å². The number of hydrogen-bond acceptors (Lipinski definition) is 3. The first-order chi connectivity index (χ1) is 9.46. The fourth-order valence-corrected chi connectivity index (χ4v) is 1.92. The second-order valence-electron chi connectivity index (χ2n) is 4.98. The quantitative estimate of drug-likeness (QED) is 0.532. The lowest BCUT2D eigenvalue weighted by molar-refractivity contribution is -0.140. The van der Waals surface area contributed by atoms with Gasteiger partial charge in [-0.05, 0) is 32.0 Å². The predicted octanol–water partition coefficient (Wildman–Crippen LogP) is 1.52. The Morgan fingerprint density at radius 2 is 1.80 bits per heavy atom. The van der Waals surface area contributed by atoms with E-state index < -0.39 is 18.0 Å². The molecular weight excluding hydrogens is 258 g/mol. The highest BCUT2D eigenvalue weighted by molar-refractivity contribution is 5.82. The van der Waals surface area contributed by atoms with E-state index in [1.165, 1.54) is 0 Å². The summed E-state index contributed by atoms with van der Waals surface area (Å²) in [4.78, 5) is 25.0. The van der Waals surface area contributed by atoms with E-state index in [-0.39, 0.29) is 5.92 Å². The first-order valence-corrected chi connectivity index (χ1v) is 7.45. The van der Waals surface area contributed by atoms with Gasteiger partial charge in [0.05, 0.1) is 0 Å². The van der Waals surface area contributed by atoms with Gasteiger partial charge in [0.1, 0.15) is 6.04 Å². The van der Waals surface area contributed by atoms with Crippen LogP contribution in [0.2, 0.25) is 0 Å². The number of carbonyl (C=O) groups is 2. The molecule has 0 aromatic rings. The molecule has 0 saturated heterocycles. The summed E-state index contributed by atoms with van der Waals surface area (Å²) in [5, 5.41) is 14.3. The smallest absolute Gasteiger partial charge is 0.326 e. The minimum absolute atomic E-state index is 0.0890. The van der Waals surface area contributed by atoms with Crippen LogP contribution in [0.15, 0.2) is 0 Å². The largest absolute Gasteiger partial charge is 0.480 e. The van der Waals surface area contributed by atoms with Crippen LogP contribution in [-0.2, 0) is 4.79 Å². The number of carboxylic acid groups (broad SMARTS) is 1.